The Bertz CT molecular complexity index is 1290. The van der Waals surface area contributed by atoms with Gasteiger partial charge in [0.15, 0.2) is 0 Å². The fourth-order valence-corrected chi connectivity index (χ4v) is 5.29. The molecule has 0 bridgehead atoms. The van der Waals surface area contributed by atoms with Gasteiger partial charge in [-0.2, -0.15) is 0 Å². The van der Waals surface area contributed by atoms with E-state index >= 15 is 0 Å². The Hall–Kier alpha value is -4.24. The minimum atomic E-state index is -0.854. The minimum absolute atomic E-state index is 0.158. The van der Waals surface area contributed by atoms with Gasteiger partial charge in [-0.3, -0.25) is 19.5 Å². The van der Waals surface area contributed by atoms with E-state index in [9.17, 15) is 14.4 Å². The second kappa shape index (κ2) is 11.7. The van der Waals surface area contributed by atoms with Gasteiger partial charge in [0.05, 0.1) is 25.3 Å². The van der Waals surface area contributed by atoms with Crippen molar-refractivity contribution in [3.63, 3.8) is 0 Å². The lowest BCUT2D eigenvalue weighted by molar-refractivity contribution is -0.133. The van der Waals surface area contributed by atoms with Crippen molar-refractivity contribution >= 4 is 17.8 Å². The van der Waals surface area contributed by atoms with E-state index in [-0.39, 0.29) is 30.4 Å². The van der Waals surface area contributed by atoms with Crippen LogP contribution in [0.5, 0.6) is 5.75 Å². The molecule has 5 rings (SSSR count). The van der Waals surface area contributed by atoms with Crippen molar-refractivity contribution in [3.05, 3.63) is 95.8 Å². The summed E-state index contributed by atoms with van der Waals surface area (Å²) >= 11 is 0. The van der Waals surface area contributed by atoms with Crippen molar-refractivity contribution < 1.29 is 19.1 Å². The maximum absolute atomic E-state index is 13.4. The SMILES string of the molecule is COc1ccc(CN2C(=O)NC3(CCN(CCC(NC(=O)c4cccnc4)c4ccccc4)CC3)C2=O)cc1. The highest BCUT2D eigenvalue weighted by molar-refractivity contribution is 6.07. The number of ether oxygens (including phenoxy) is 1. The lowest BCUT2D eigenvalue weighted by Crippen LogP contribution is -2.55. The van der Waals surface area contributed by atoms with Crippen LogP contribution in [0.1, 0.15) is 46.8 Å². The highest BCUT2D eigenvalue weighted by atomic mass is 16.5. The summed E-state index contributed by atoms with van der Waals surface area (Å²) in [5.41, 5.74) is 1.57. The number of hydrogen-bond acceptors (Lipinski definition) is 6. The monoisotopic (exact) mass is 527 g/mol. The van der Waals surface area contributed by atoms with Gasteiger partial charge in [0.1, 0.15) is 11.3 Å². The van der Waals surface area contributed by atoms with E-state index < -0.39 is 5.54 Å². The Balaban J connectivity index is 1.18. The molecular formula is C30H33N5O4. The summed E-state index contributed by atoms with van der Waals surface area (Å²) in [4.78, 5) is 46.7. The van der Waals surface area contributed by atoms with Crippen molar-refractivity contribution in [2.75, 3.05) is 26.7 Å². The van der Waals surface area contributed by atoms with Gasteiger partial charge >= 0.3 is 6.03 Å². The zero-order valence-corrected chi connectivity index (χ0v) is 22.0. The van der Waals surface area contributed by atoms with Crippen molar-refractivity contribution in [3.8, 4) is 5.75 Å². The first kappa shape index (κ1) is 26.4. The predicted molar refractivity (Wildman–Crippen MR) is 146 cm³/mol. The molecule has 1 aromatic heterocycles. The fourth-order valence-electron chi connectivity index (χ4n) is 5.29. The van der Waals surface area contributed by atoms with E-state index in [2.05, 4.69) is 20.5 Å². The minimum Gasteiger partial charge on any atom is -0.497 e. The molecule has 1 unspecified atom stereocenters. The van der Waals surface area contributed by atoms with Crippen LogP contribution >= 0.6 is 0 Å². The number of methoxy groups -OCH3 is 1. The Morgan fingerprint density at radius 1 is 1.05 bits per heavy atom. The molecule has 9 heteroatoms. The molecule has 1 spiro atoms. The molecule has 3 heterocycles. The topological polar surface area (TPSA) is 104 Å². The Labute approximate surface area is 228 Å². The third-order valence-corrected chi connectivity index (χ3v) is 7.62. The van der Waals surface area contributed by atoms with E-state index in [1.165, 1.54) is 4.90 Å². The molecule has 9 nitrogen and oxygen atoms in total. The lowest BCUT2D eigenvalue weighted by Gasteiger charge is -2.37. The highest BCUT2D eigenvalue weighted by Crippen LogP contribution is 2.31. The number of hydrogen-bond donors (Lipinski definition) is 2. The maximum atomic E-state index is 13.4. The second-order valence-electron chi connectivity index (χ2n) is 10.1. The smallest absolute Gasteiger partial charge is 0.325 e. The molecule has 4 amide bonds. The van der Waals surface area contributed by atoms with Gasteiger partial charge in [0.25, 0.3) is 11.8 Å². The molecule has 2 aliphatic heterocycles. The number of nitrogens with one attached hydrogen (secondary N) is 2. The van der Waals surface area contributed by atoms with Crippen LogP contribution in [0.15, 0.2) is 79.1 Å². The number of amides is 4. The summed E-state index contributed by atoms with van der Waals surface area (Å²) in [5, 5.41) is 6.15. The van der Waals surface area contributed by atoms with E-state index in [1.807, 2.05) is 54.6 Å². The van der Waals surface area contributed by atoms with Crippen molar-refractivity contribution in [1.29, 1.82) is 0 Å². The van der Waals surface area contributed by atoms with Crippen molar-refractivity contribution in [2.24, 2.45) is 0 Å². The first-order valence-corrected chi connectivity index (χ1v) is 13.2. The number of nitrogens with zero attached hydrogens (tertiary/aromatic N) is 3. The van der Waals surface area contributed by atoms with E-state index in [0.29, 0.717) is 37.9 Å². The third kappa shape index (κ3) is 5.93. The summed E-state index contributed by atoms with van der Waals surface area (Å²) in [6.45, 7) is 2.34. The van der Waals surface area contributed by atoms with Gasteiger partial charge in [-0.15, -0.1) is 0 Å². The molecule has 0 aliphatic carbocycles. The molecule has 2 saturated heterocycles. The molecule has 3 aromatic rings. The summed E-state index contributed by atoms with van der Waals surface area (Å²) in [6, 6.07) is 20.3. The van der Waals surface area contributed by atoms with E-state index in [1.54, 1.807) is 31.6 Å². The first-order chi connectivity index (χ1) is 19.0. The van der Waals surface area contributed by atoms with Gasteiger partial charge in [-0.05, 0) is 54.7 Å². The molecule has 0 radical (unpaired) electrons. The largest absolute Gasteiger partial charge is 0.497 e. The molecule has 0 saturated carbocycles. The molecular weight excluding hydrogens is 494 g/mol. The number of benzene rings is 2. The number of carbonyl (C=O) groups excluding carboxylic acids is 3. The average Bonchev–Trinajstić information content (AvgIpc) is 3.21. The summed E-state index contributed by atoms with van der Waals surface area (Å²) in [6.07, 6.45) is 5.02. The molecule has 2 aromatic carbocycles. The Kier molecular flexibility index (Phi) is 7.88. The number of likely N-dealkylation sites (tertiary alicyclic amines) is 1. The molecule has 2 fully saturated rings. The molecule has 2 N–H and O–H groups in total. The second-order valence-corrected chi connectivity index (χ2v) is 10.1. The molecule has 39 heavy (non-hydrogen) atoms. The Morgan fingerprint density at radius 3 is 2.46 bits per heavy atom. The van der Waals surface area contributed by atoms with Crippen molar-refractivity contribution in [1.82, 2.24) is 25.4 Å². The zero-order valence-electron chi connectivity index (χ0n) is 22.0. The van der Waals surface area contributed by atoms with Crippen LogP contribution in [0.2, 0.25) is 0 Å². The number of pyridine rings is 1. The summed E-state index contributed by atoms with van der Waals surface area (Å²) in [7, 11) is 1.60. The van der Waals surface area contributed by atoms with Gasteiger partial charge in [-0.25, -0.2) is 4.79 Å². The molecule has 202 valence electrons. The molecule has 1 atom stereocenters. The van der Waals surface area contributed by atoms with Crippen LogP contribution < -0.4 is 15.4 Å². The third-order valence-electron chi connectivity index (χ3n) is 7.62. The van der Waals surface area contributed by atoms with E-state index in [4.69, 9.17) is 4.74 Å². The number of aromatic nitrogens is 1. The van der Waals surface area contributed by atoms with Crippen LogP contribution in [0, 0.1) is 0 Å². The van der Waals surface area contributed by atoms with Gasteiger partial charge in [0.2, 0.25) is 0 Å². The number of rotatable bonds is 9. The van der Waals surface area contributed by atoms with Crippen LogP contribution in [0.3, 0.4) is 0 Å². The van der Waals surface area contributed by atoms with E-state index in [0.717, 1.165) is 23.4 Å². The maximum Gasteiger partial charge on any atom is 0.325 e. The van der Waals surface area contributed by atoms with Crippen LogP contribution in [-0.2, 0) is 11.3 Å². The summed E-state index contributed by atoms with van der Waals surface area (Å²) < 4.78 is 5.19. The van der Waals surface area contributed by atoms with Crippen molar-refractivity contribution in [2.45, 2.75) is 37.4 Å². The average molecular weight is 528 g/mol. The lowest BCUT2D eigenvalue weighted by atomic mass is 9.87. The normalized spacial score (nSPS) is 17.6. The number of carbonyl (C=O) groups is 3. The standard InChI is InChI=1S/C30H33N5O4/c1-39-25-11-9-22(10-12-25)21-35-28(37)30(33-29(35)38)14-18-34(19-15-30)17-13-26(23-6-3-2-4-7-23)32-27(36)24-8-5-16-31-20-24/h2-12,16,20,26H,13-15,17-19,21H2,1H3,(H,32,36)(H,33,38). The van der Waals surface area contributed by atoms with Crippen LogP contribution in [0.25, 0.3) is 0 Å². The van der Waals surface area contributed by atoms with Gasteiger partial charge in [-0.1, -0.05) is 42.5 Å². The number of imide groups is 1. The first-order valence-electron chi connectivity index (χ1n) is 13.2. The van der Waals surface area contributed by atoms with Crippen LogP contribution in [-0.4, -0.2) is 64.9 Å². The fraction of sp³-hybridized carbons (Fsp3) is 0.333. The summed E-state index contributed by atoms with van der Waals surface area (Å²) in [5.74, 6) is 0.408. The molecule has 2 aliphatic rings. The van der Waals surface area contributed by atoms with Crippen LogP contribution in [0.4, 0.5) is 4.79 Å². The quantitative estimate of drug-likeness (QED) is 0.413. The Morgan fingerprint density at radius 2 is 1.79 bits per heavy atom. The number of piperidine rings is 1. The highest BCUT2D eigenvalue weighted by Gasteiger charge is 2.52. The zero-order chi connectivity index (χ0) is 27.2. The van der Waals surface area contributed by atoms with Gasteiger partial charge < -0.3 is 20.3 Å². The number of urea groups is 1. The predicted octanol–water partition coefficient (Wildman–Crippen LogP) is 3.54. The van der Waals surface area contributed by atoms with Gasteiger partial charge in [0, 0.05) is 32.0 Å².